The lowest BCUT2D eigenvalue weighted by molar-refractivity contribution is -0.172. The fraction of sp³-hybridized carbons (Fsp3) is 0.636. The lowest BCUT2D eigenvalue weighted by Gasteiger charge is -2.55. The Labute approximate surface area is 164 Å². The van der Waals surface area contributed by atoms with E-state index in [-0.39, 0.29) is 23.9 Å². The van der Waals surface area contributed by atoms with Gasteiger partial charge >= 0.3 is 5.97 Å². The highest BCUT2D eigenvalue weighted by atomic mass is 16.5. The van der Waals surface area contributed by atoms with E-state index in [0.717, 1.165) is 25.7 Å². The molecule has 1 aliphatic heterocycles. The fourth-order valence-corrected chi connectivity index (χ4v) is 6.08. The predicted molar refractivity (Wildman–Crippen MR) is 102 cm³/mol. The molecule has 0 radical (unpaired) electrons. The summed E-state index contributed by atoms with van der Waals surface area (Å²) in [5.41, 5.74) is 0.282. The molecule has 4 aliphatic carbocycles. The Morgan fingerprint density at radius 1 is 1.00 bits per heavy atom. The first-order valence-electron chi connectivity index (χ1n) is 10.5. The number of hydrogen-bond acceptors (Lipinski definition) is 5. The number of benzene rings is 1. The molecule has 6 nitrogen and oxygen atoms in total. The van der Waals surface area contributed by atoms with Gasteiger partial charge in [-0.2, -0.15) is 0 Å². The van der Waals surface area contributed by atoms with Gasteiger partial charge in [-0.05, 0) is 68.4 Å². The minimum absolute atomic E-state index is 0.166. The van der Waals surface area contributed by atoms with Crippen LogP contribution in [0, 0.1) is 23.2 Å². The Kier molecular flexibility index (Phi) is 4.44. The zero-order valence-corrected chi connectivity index (χ0v) is 16.1. The number of carbonyl (C=O) groups excluding carboxylic acids is 2. The van der Waals surface area contributed by atoms with E-state index in [0.29, 0.717) is 48.2 Å². The second kappa shape index (κ2) is 6.98. The van der Waals surface area contributed by atoms with E-state index in [2.05, 4.69) is 5.32 Å². The van der Waals surface area contributed by atoms with Gasteiger partial charge in [0.05, 0.1) is 18.6 Å². The van der Waals surface area contributed by atoms with Crippen LogP contribution in [0.1, 0.15) is 44.9 Å². The van der Waals surface area contributed by atoms with Gasteiger partial charge in [-0.25, -0.2) is 0 Å². The number of carbonyl (C=O) groups is 2. The lowest BCUT2D eigenvalue weighted by Crippen LogP contribution is -2.50. The van der Waals surface area contributed by atoms with Crippen molar-refractivity contribution in [1.82, 2.24) is 0 Å². The molecule has 4 fully saturated rings. The Bertz CT molecular complexity index is 754. The SMILES string of the molecule is O=C(COC(=O)C12CC3CC(CC(C3)C1)C2)Nc1ccc2c(c1)OCCCO2. The van der Waals surface area contributed by atoms with Crippen molar-refractivity contribution >= 4 is 17.6 Å². The Morgan fingerprint density at radius 2 is 1.64 bits per heavy atom. The molecule has 6 rings (SSSR count). The Hall–Kier alpha value is -2.24. The summed E-state index contributed by atoms with van der Waals surface area (Å²) in [5, 5.41) is 2.79. The van der Waals surface area contributed by atoms with Gasteiger partial charge < -0.3 is 19.5 Å². The quantitative estimate of drug-likeness (QED) is 0.803. The van der Waals surface area contributed by atoms with Crippen molar-refractivity contribution in [1.29, 1.82) is 0 Å². The molecule has 1 heterocycles. The number of anilines is 1. The van der Waals surface area contributed by atoms with E-state index in [1.54, 1.807) is 18.2 Å². The highest BCUT2D eigenvalue weighted by Crippen LogP contribution is 2.60. The number of fused-ring (bicyclic) bond motifs is 1. The molecule has 4 saturated carbocycles. The van der Waals surface area contributed by atoms with Crippen molar-refractivity contribution in [2.24, 2.45) is 23.2 Å². The van der Waals surface area contributed by atoms with E-state index < -0.39 is 0 Å². The van der Waals surface area contributed by atoms with Gasteiger partial charge in [0, 0.05) is 18.2 Å². The van der Waals surface area contributed by atoms with E-state index in [1.807, 2.05) is 0 Å². The number of amides is 1. The van der Waals surface area contributed by atoms with Gasteiger partial charge in [0.15, 0.2) is 18.1 Å². The first-order valence-corrected chi connectivity index (χ1v) is 10.5. The molecule has 0 aromatic heterocycles. The summed E-state index contributed by atoms with van der Waals surface area (Å²) in [5.74, 6) is 2.84. The minimum Gasteiger partial charge on any atom is -0.490 e. The Morgan fingerprint density at radius 3 is 2.32 bits per heavy atom. The van der Waals surface area contributed by atoms with E-state index in [9.17, 15) is 9.59 Å². The maximum atomic E-state index is 12.8. The molecule has 0 saturated heterocycles. The van der Waals surface area contributed by atoms with Crippen LogP contribution in [0.2, 0.25) is 0 Å². The van der Waals surface area contributed by atoms with Gasteiger partial charge in [0.25, 0.3) is 5.91 Å². The van der Waals surface area contributed by atoms with Crippen LogP contribution in [0.25, 0.3) is 0 Å². The summed E-state index contributed by atoms with van der Waals surface area (Å²) < 4.78 is 16.7. The van der Waals surface area contributed by atoms with Crippen LogP contribution < -0.4 is 14.8 Å². The normalized spacial score (nSPS) is 32.5. The smallest absolute Gasteiger partial charge is 0.312 e. The molecule has 1 aromatic carbocycles. The van der Waals surface area contributed by atoms with Gasteiger partial charge in [0.2, 0.25) is 0 Å². The minimum atomic E-state index is -0.329. The van der Waals surface area contributed by atoms with Crippen molar-refractivity contribution in [3.8, 4) is 11.5 Å². The van der Waals surface area contributed by atoms with Crippen molar-refractivity contribution < 1.29 is 23.8 Å². The Balaban J connectivity index is 1.18. The second-order valence-corrected chi connectivity index (χ2v) is 9.03. The number of rotatable bonds is 4. The summed E-state index contributed by atoms with van der Waals surface area (Å²) in [4.78, 5) is 25.2. The van der Waals surface area contributed by atoms with E-state index >= 15 is 0 Å². The topological polar surface area (TPSA) is 73.9 Å². The van der Waals surface area contributed by atoms with Gasteiger partial charge in [0.1, 0.15) is 0 Å². The highest BCUT2D eigenvalue weighted by Gasteiger charge is 2.55. The largest absolute Gasteiger partial charge is 0.490 e. The summed E-state index contributed by atoms with van der Waals surface area (Å²) in [6.07, 6.45) is 7.49. The first kappa shape index (κ1) is 17.8. The van der Waals surface area contributed by atoms with Crippen LogP contribution in [-0.4, -0.2) is 31.7 Å². The molecule has 0 unspecified atom stereocenters. The molecule has 28 heavy (non-hydrogen) atoms. The van der Waals surface area contributed by atoms with Gasteiger partial charge in [-0.3, -0.25) is 9.59 Å². The van der Waals surface area contributed by atoms with E-state index in [4.69, 9.17) is 14.2 Å². The third kappa shape index (κ3) is 3.33. The molecule has 1 N–H and O–H groups in total. The molecule has 6 heteroatoms. The zero-order valence-electron chi connectivity index (χ0n) is 16.1. The molecule has 1 amide bonds. The third-order valence-electron chi connectivity index (χ3n) is 6.84. The van der Waals surface area contributed by atoms with Crippen LogP contribution in [-0.2, 0) is 14.3 Å². The van der Waals surface area contributed by atoms with Crippen LogP contribution in [0.4, 0.5) is 5.69 Å². The molecule has 1 aromatic rings. The van der Waals surface area contributed by atoms with Crippen LogP contribution in [0.3, 0.4) is 0 Å². The summed E-state index contributed by atoms with van der Waals surface area (Å²) in [6, 6.07) is 5.31. The van der Waals surface area contributed by atoms with Crippen molar-refractivity contribution in [2.75, 3.05) is 25.1 Å². The fourth-order valence-electron chi connectivity index (χ4n) is 6.08. The van der Waals surface area contributed by atoms with Crippen LogP contribution >= 0.6 is 0 Å². The number of hydrogen-bond donors (Lipinski definition) is 1. The van der Waals surface area contributed by atoms with Gasteiger partial charge in [-0.15, -0.1) is 0 Å². The zero-order chi connectivity index (χ0) is 19.1. The summed E-state index contributed by atoms with van der Waals surface area (Å²) >= 11 is 0. The molecule has 4 bridgehead atoms. The average Bonchev–Trinajstić information content (AvgIpc) is 2.90. The molecular weight excluding hydrogens is 358 g/mol. The maximum absolute atomic E-state index is 12.8. The molecule has 0 spiro atoms. The van der Waals surface area contributed by atoms with Crippen LogP contribution in [0.15, 0.2) is 18.2 Å². The second-order valence-electron chi connectivity index (χ2n) is 9.03. The lowest BCUT2D eigenvalue weighted by atomic mass is 9.49. The van der Waals surface area contributed by atoms with Crippen molar-refractivity contribution in [3.05, 3.63) is 18.2 Å². The number of nitrogens with one attached hydrogen (secondary N) is 1. The monoisotopic (exact) mass is 385 g/mol. The highest BCUT2D eigenvalue weighted by molar-refractivity contribution is 5.93. The summed E-state index contributed by atoms with van der Waals surface area (Å²) in [7, 11) is 0. The van der Waals surface area contributed by atoms with Crippen molar-refractivity contribution in [3.63, 3.8) is 0 Å². The first-order chi connectivity index (χ1) is 13.6. The predicted octanol–water partition coefficient (Wildman–Crippen LogP) is 3.55. The maximum Gasteiger partial charge on any atom is 0.312 e. The molecule has 0 atom stereocenters. The summed E-state index contributed by atoms with van der Waals surface area (Å²) in [6.45, 7) is 0.973. The van der Waals surface area contributed by atoms with Crippen molar-refractivity contribution in [2.45, 2.75) is 44.9 Å². The van der Waals surface area contributed by atoms with Crippen LogP contribution in [0.5, 0.6) is 11.5 Å². The number of esters is 1. The molecule has 5 aliphatic rings. The molecular formula is C22H27NO5. The third-order valence-corrected chi connectivity index (χ3v) is 6.84. The number of ether oxygens (including phenoxy) is 3. The average molecular weight is 385 g/mol. The van der Waals surface area contributed by atoms with E-state index in [1.165, 1.54) is 19.3 Å². The van der Waals surface area contributed by atoms with Gasteiger partial charge in [-0.1, -0.05) is 0 Å². The standard InChI is InChI=1S/C22H27NO5/c24-20(23-17-2-3-18-19(9-17)27-5-1-4-26-18)13-28-21(25)22-10-14-6-15(11-22)8-16(7-14)12-22/h2-3,9,14-16H,1,4-8,10-13H2,(H,23,24). The molecule has 150 valence electrons.